The number of rotatable bonds is 7. The highest BCUT2D eigenvalue weighted by Gasteiger charge is 2.13. The summed E-state index contributed by atoms with van der Waals surface area (Å²) in [4.78, 5) is 2.42. The third kappa shape index (κ3) is 4.69. The average molecular weight is 278 g/mol. The monoisotopic (exact) mass is 278 g/mol. The molecule has 0 radical (unpaired) electrons. The second-order valence-corrected chi connectivity index (χ2v) is 5.11. The predicted molar refractivity (Wildman–Crippen MR) is 82.7 cm³/mol. The number of para-hydroxylation sites is 2. The first-order chi connectivity index (χ1) is 9.92. The van der Waals surface area contributed by atoms with Gasteiger partial charge in [0.2, 0.25) is 0 Å². The summed E-state index contributed by atoms with van der Waals surface area (Å²) in [5, 5.41) is 3.44. The maximum absolute atomic E-state index is 5.96. The molecule has 1 heterocycles. The summed E-state index contributed by atoms with van der Waals surface area (Å²) in [7, 11) is 1.74. The van der Waals surface area contributed by atoms with E-state index in [1.807, 2.05) is 6.07 Å². The van der Waals surface area contributed by atoms with Gasteiger partial charge in [-0.2, -0.15) is 0 Å². The molecule has 20 heavy (non-hydrogen) atoms. The van der Waals surface area contributed by atoms with Gasteiger partial charge >= 0.3 is 0 Å². The number of unbranched alkanes of at least 4 members (excludes halogenated alkanes) is 1. The lowest BCUT2D eigenvalue weighted by atomic mass is 10.2. The Kier molecular flexibility index (Phi) is 6.68. The van der Waals surface area contributed by atoms with Crippen molar-refractivity contribution in [3.63, 3.8) is 0 Å². The minimum atomic E-state index is 0.756. The highest BCUT2D eigenvalue weighted by Crippen LogP contribution is 2.28. The molecule has 4 nitrogen and oxygen atoms in total. The largest absolute Gasteiger partial charge is 0.491 e. The molecule has 1 aliphatic heterocycles. The molecule has 1 aromatic carbocycles. The molecule has 1 aliphatic rings. The van der Waals surface area contributed by atoms with Crippen molar-refractivity contribution in [2.24, 2.45) is 0 Å². The van der Waals surface area contributed by atoms with Gasteiger partial charge in [0.15, 0.2) is 0 Å². The van der Waals surface area contributed by atoms with E-state index in [1.54, 1.807) is 7.11 Å². The van der Waals surface area contributed by atoms with Crippen molar-refractivity contribution in [1.29, 1.82) is 0 Å². The van der Waals surface area contributed by atoms with Gasteiger partial charge in [0.25, 0.3) is 0 Å². The van der Waals surface area contributed by atoms with Gasteiger partial charge in [-0.25, -0.2) is 0 Å². The Hall–Kier alpha value is -1.26. The fourth-order valence-corrected chi connectivity index (χ4v) is 2.46. The summed E-state index contributed by atoms with van der Waals surface area (Å²) < 4.78 is 11.0. The van der Waals surface area contributed by atoms with Crippen LogP contribution in [0.4, 0.5) is 5.69 Å². The van der Waals surface area contributed by atoms with E-state index >= 15 is 0 Å². The van der Waals surface area contributed by atoms with E-state index in [9.17, 15) is 0 Å². The molecule has 0 bridgehead atoms. The van der Waals surface area contributed by atoms with Gasteiger partial charge in [-0.05, 0) is 37.9 Å². The summed E-state index contributed by atoms with van der Waals surface area (Å²) in [5.74, 6) is 1.01. The van der Waals surface area contributed by atoms with Gasteiger partial charge in [-0.15, -0.1) is 0 Å². The first-order valence-electron chi connectivity index (χ1n) is 7.58. The Bertz CT molecular complexity index is 376. The Labute approximate surface area is 122 Å². The number of nitrogens with one attached hydrogen (secondary N) is 1. The van der Waals surface area contributed by atoms with Crippen molar-refractivity contribution in [3.05, 3.63) is 24.3 Å². The molecule has 0 saturated carbocycles. The molecular weight excluding hydrogens is 252 g/mol. The molecule has 1 fully saturated rings. The smallest absolute Gasteiger partial charge is 0.142 e. The molecule has 0 atom stereocenters. The normalized spacial score (nSPS) is 15.9. The summed E-state index contributed by atoms with van der Waals surface area (Å²) in [6.45, 7) is 5.86. The Morgan fingerprint density at radius 2 is 1.95 bits per heavy atom. The minimum Gasteiger partial charge on any atom is -0.491 e. The summed E-state index contributed by atoms with van der Waals surface area (Å²) in [5.41, 5.74) is 1.22. The van der Waals surface area contributed by atoms with Crippen LogP contribution < -0.4 is 15.0 Å². The maximum atomic E-state index is 5.96. The Balaban J connectivity index is 1.91. The standard InChI is InChI=1S/C16H26N2O2/c1-19-13-4-5-14-20-16-8-3-2-7-15(16)18-11-6-9-17-10-12-18/h2-3,7-8,17H,4-6,9-14H2,1H3. The molecule has 0 amide bonds. The fraction of sp³-hybridized carbons (Fsp3) is 0.625. The topological polar surface area (TPSA) is 33.7 Å². The first-order valence-corrected chi connectivity index (χ1v) is 7.58. The minimum absolute atomic E-state index is 0.756. The number of hydrogen-bond acceptors (Lipinski definition) is 4. The Morgan fingerprint density at radius 3 is 2.85 bits per heavy atom. The van der Waals surface area contributed by atoms with Crippen LogP contribution in [0.2, 0.25) is 0 Å². The molecule has 0 spiro atoms. The van der Waals surface area contributed by atoms with E-state index in [-0.39, 0.29) is 0 Å². The highest BCUT2D eigenvalue weighted by atomic mass is 16.5. The summed E-state index contributed by atoms with van der Waals surface area (Å²) in [6.07, 6.45) is 3.26. The van der Waals surface area contributed by atoms with Crippen molar-refractivity contribution in [1.82, 2.24) is 5.32 Å². The highest BCUT2D eigenvalue weighted by molar-refractivity contribution is 5.58. The van der Waals surface area contributed by atoms with Crippen molar-refractivity contribution >= 4 is 5.69 Å². The number of methoxy groups -OCH3 is 1. The van der Waals surface area contributed by atoms with E-state index in [0.29, 0.717) is 0 Å². The van der Waals surface area contributed by atoms with Crippen LogP contribution in [0.25, 0.3) is 0 Å². The van der Waals surface area contributed by atoms with Gasteiger partial charge in [-0.1, -0.05) is 12.1 Å². The molecule has 1 saturated heterocycles. The van der Waals surface area contributed by atoms with Crippen LogP contribution in [0.15, 0.2) is 24.3 Å². The zero-order chi connectivity index (χ0) is 14.0. The third-order valence-electron chi connectivity index (χ3n) is 3.55. The summed E-state index contributed by atoms with van der Waals surface area (Å²) in [6, 6.07) is 8.37. The molecule has 1 aromatic rings. The molecule has 112 valence electrons. The first kappa shape index (κ1) is 15.1. The van der Waals surface area contributed by atoms with Crippen molar-refractivity contribution in [2.75, 3.05) is 51.4 Å². The van der Waals surface area contributed by atoms with Crippen LogP contribution in [-0.2, 0) is 4.74 Å². The van der Waals surface area contributed by atoms with E-state index in [2.05, 4.69) is 28.4 Å². The van der Waals surface area contributed by atoms with Gasteiger partial charge in [-0.3, -0.25) is 0 Å². The number of benzene rings is 1. The van der Waals surface area contributed by atoms with Crippen LogP contribution in [0.3, 0.4) is 0 Å². The maximum Gasteiger partial charge on any atom is 0.142 e. The second kappa shape index (κ2) is 8.82. The van der Waals surface area contributed by atoms with E-state index in [4.69, 9.17) is 9.47 Å². The second-order valence-electron chi connectivity index (χ2n) is 5.11. The van der Waals surface area contributed by atoms with Crippen molar-refractivity contribution in [2.45, 2.75) is 19.3 Å². The van der Waals surface area contributed by atoms with Crippen molar-refractivity contribution in [3.8, 4) is 5.75 Å². The molecular formula is C16H26N2O2. The van der Waals surface area contributed by atoms with Gasteiger partial charge < -0.3 is 19.7 Å². The SMILES string of the molecule is COCCCCOc1ccccc1N1CCCNCC1. The lowest BCUT2D eigenvalue weighted by Crippen LogP contribution is -2.28. The van der Waals surface area contributed by atoms with Gasteiger partial charge in [0, 0.05) is 33.4 Å². The zero-order valence-electron chi connectivity index (χ0n) is 12.4. The molecule has 1 N–H and O–H groups in total. The lowest BCUT2D eigenvalue weighted by Gasteiger charge is -2.24. The van der Waals surface area contributed by atoms with Crippen LogP contribution in [-0.4, -0.2) is 46.5 Å². The third-order valence-corrected chi connectivity index (χ3v) is 3.55. The van der Waals surface area contributed by atoms with Gasteiger partial charge in [0.05, 0.1) is 12.3 Å². The van der Waals surface area contributed by atoms with Crippen molar-refractivity contribution < 1.29 is 9.47 Å². The van der Waals surface area contributed by atoms with Crippen LogP contribution in [0.1, 0.15) is 19.3 Å². The fourth-order valence-electron chi connectivity index (χ4n) is 2.46. The molecule has 0 aromatic heterocycles. The number of hydrogen-bond donors (Lipinski definition) is 1. The lowest BCUT2D eigenvalue weighted by molar-refractivity contribution is 0.184. The molecule has 0 unspecified atom stereocenters. The predicted octanol–water partition coefficient (Wildman–Crippen LogP) is 2.29. The summed E-state index contributed by atoms with van der Waals surface area (Å²) >= 11 is 0. The van der Waals surface area contributed by atoms with Crippen LogP contribution in [0, 0.1) is 0 Å². The average Bonchev–Trinajstić information content (AvgIpc) is 2.76. The van der Waals surface area contributed by atoms with E-state index in [1.165, 1.54) is 12.1 Å². The number of nitrogens with zero attached hydrogens (tertiary/aromatic N) is 1. The number of ether oxygens (including phenoxy) is 2. The quantitative estimate of drug-likeness (QED) is 0.776. The van der Waals surface area contributed by atoms with E-state index < -0.39 is 0 Å². The molecule has 4 heteroatoms. The molecule has 2 rings (SSSR count). The Morgan fingerprint density at radius 1 is 1.10 bits per heavy atom. The number of anilines is 1. The van der Waals surface area contributed by atoms with Crippen LogP contribution in [0.5, 0.6) is 5.75 Å². The van der Waals surface area contributed by atoms with E-state index in [0.717, 1.165) is 58.0 Å². The van der Waals surface area contributed by atoms with Crippen LogP contribution >= 0.6 is 0 Å². The van der Waals surface area contributed by atoms with Gasteiger partial charge in [0.1, 0.15) is 5.75 Å². The zero-order valence-corrected chi connectivity index (χ0v) is 12.4. The molecule has 0 aliphatic carbocycles.